The molecule has 0 aliphatic heterocycles. The number of aromatic nitrogens is 2. The fourth-order valence-electron chi connectivity index (χ4n) is 2.02. The van der Waals surface area contributed by atoms with Gasteiger partial charge in [-0.3, -0.25) is 14.2 Å². The molecule has 4 nitrogen and oxygen atoms in total. The second-order valence-electron chi connectivity index (χ2n) is 4.73. The topological polar surface area (TPSA) is 52.0 Å². The van der Waals surface area contributed by atoms with Crippen molar-refractivity contribution in [2.45, 2.75) is 5.16 Å². The van der Waals surface area contributed by atoms with Crippen LogP contribution >= 0.6 is 23.1 Å². The normalized spacial score (nSPS) is 11.1. The average molecular weight is 352 g/mol. The predicted molar refractivity (Wildman–Crippen MR) is 86.3 cm³/mol. The van der Waals surface area contributed by atoms with E-state index < -0.39 is 17.4 Å². The highest BCUT2D eigenvalue weighted by atomic mass is 32.2. The minimum Gasteiger partial charge on any atom is -0.293 e. The van der Waals surface area contributed by atoms with Gasteiger partial charge in [0.25, 0.3) is 5.56 Å². The third-order valence-corrected chi connectivity index (χ3v) is 5.13. The van der Waals surface area contributed by atoms with E-state index in [0.717, 1.165) is 23.9 Å². The quantitative estimate of drug-likeness (QED) is 0.411. The Bertz CT molecular complexity index is 966. The zero-order chi connectivity index (χ0) is 16.6. The number of thiophene rings is 1. The van der Waals surface area contributed by atoms with Crippen molar-refractivity contribution in [1.82, 2.24) is 9.55 Å². The minimum atomic E-state index is -0.897. The number of nitrogens with zero attached hydrogens (tertiary/aromatic N) is 2. The number of halogens is 2. The molecule has 0 fully saturated rings. The van der Waals surface area contributed by atoms with Crippen LogP contribution in [-0.4, -0.2) is 21.1 Å². The molecule has 2 heterocycles. The molecule has 0 aliphatic rings. The third kappa shape index (κ3) is 3.04. The number of hydrogen-bond donors (Lipinski definition) is 0. The molecule has 0 spiro atoms. The molecule has 3 rings (SSSR count). The molecule has 0 saturated carbocycles. The van der Waals surface area contributed by atoms with Crippen LogP contribution in [0.25, 0.3) is 10.2 Å². The first-order valence-corrected chi connectivity index (χ1v) is 8.39. The van der Waals surface area contributed by atoms with E-state index in [0.29, 0.717) is 21.4 Å². The standard InChI is InChI=1S/C15H10F2N2O2S2/c1-19-14(21)13-11(4-5-22-13)18-15(19)23-7-12(20)9-3-2-8(16)6-10(9)17/h2-6H,7H2,1H3. The van der Waals surface area contributed by atoms with E-state index in [9.17, 15) is 18.4 Å². The number of rotatable bonds is 4. The number of Topliss-reactive ketones (excluding diaryl/α,β-unsaturated/α-hetero) is 1. The molecular formula is C15H10F2N2O2S2. The van der Waals surface area contributed by atoms with Gasteiger partial charge in [0.05, 0.1) is 16.8 Å². The fourth-order valence-corrected chi connectivity index (χ4v) is 3.68. The molecule has 3 aromatic rings. The Morgan fingerprint density at radius 3 is 2.87 bits per heavy atom. The lowest BCUT2D eigenvalue weighted by atomic mass is 10.1. The molecule has 0 bridgehead atoms. The Hall–Kier alpha value is -2.06. The van der Waals surface area contributed by atoms with Gasteiger partial charge in [-0.1, -0.05) is 11.8 Å². The smallest absolute Gasteiger partial charge is 0.271 e. The van der Waals surface area contributed by atoms with E-state index in [-0.39, 0.29) is 16.9 Å². The van der Waals surface area contributed by atoms with Crippen molar-refractivity contribution < 1.29 is 13.6 Å². The van der Waals surface area contributed by atoms with Gasteiger partial charge >= 0.3 is 0 Å². The zero-order valence-electron chi connectivity index (χ0n) is 11.9. The first-order chi connectivity index (χ1) is 11.0. The minimum absolute atomic E-state index is 0.0987. The second-order valence-corrected chi connectivity index (χ2v) is 6.59. The van der Waals surface area contributed by atoms with E-state index in [1.54, 1.807) is 18.5 Å². The molecule has 0 unspecified atom stereocenters. The molecule has 0 atom stereocenters. The Labute approximate surface area is 137 Å². The van der Waals surface area contributed by atoms with Crippen LogP contribution in [0.2, 0.25) is 0 Å². The molecule has 0 radical (unpaired) electrons. The summed E-state index contributed by atoms with van der Waals surface area (Å²) in [5, 5.41) is 2.14. The van der Waals surface area contributed by atoms with E-state index in [4.69, 9.17) is 0 Å². The van der Waals surface area contributed by atoms with Crippen LogP contribution in [0, 0.1) is 11.6 Å². The molecule has 23 heavy (non-hydrogen) atoms. The van der Waals surface area contributed by atoms with Gasteiger partial charge in [0.2, 0.25) is 0 Å². The largest absolute Gasteiger partial charge is 0.293 e. The molecule has 2 aromatic heterocycles. The SMILES string of the molecule is Cn1c(SCC(=O)c2ccc(F)cc2F)nc2ccsc2c1=O. The number of hydrogen-bond acceptors (Lipinski definition) is 5. The lowest BCUT2D eigenvalue weighted by Gasteiger charge is -2.07. The summed E-state index contributed by atoms with van der Waals surface area (Å²) < 4.78 is 28.4. The predicted octanol–water partition coefficient (Wildman–Crippen LogP) is 3.25. The van der Waals surface area contributed by atoms with Gasteiger partial charge in [-0.05, 0) is 23.6 Å². The van der Waals surface area contributed by atoms with E-state index in [2.05, 4.69) is 4.98 Å². The first kappa shape index (κ1) is 15.8. The van der Waals surface area contributed by atoms with Crippen molar-refractivity contribution in [3.8, 4) is 0 Å². The van der Waals surface area contributed by atoms with Crippen molar-refractivity contribution in [2.75, 3.05) is 5.75 Å². The van der Waals surface area contributed by atoms with Crippen LogP contribution in [0.1, 0.15) is 10.4 Å². The van der Waals surface area contributed by atoms with Crippen LogP contribution in [0.15, 0.2) is 39.6 Å². The van der Waals surface area contributed by atoms with Crippen molar-refractivity contribution in [3.63, 3.8) is 0 Å². The van der Waals surface area contributed by atoms with Gasteiger partial charge in [0.15, 0.2) is 10.9 Å². The summed E-state index contributed by atoms with van der Waals surface area (Å²) >= 11 is 2.35. The number of ketones is 1. The summed E-state index contributed by atoms with van der Waals surface area (Å²) in [5.74, 6) is -2.23. The lowest BCUT2D eigenvalue weighted by Crippen LogP contribution is -2.19. The third-order valence-electron chi connectivity index (χ3n) is 3.21. The Balaban J connectivity index is 1.84. The summed E-state index contributed by atoms with van der Waals surface area (Å²) in [6.07, 6.45) is 0. The fraction of sp³-hybridized carbons (Fsp3) is 0.133. The molecule has 0 N–H and O–H groups in total. The average Bonchev–Trinajstić information content (AvgIpc) is 2.97. The Morgan fingerprint density at radius 2 is 2.13 bits per heavy atom. The van der Waals surface area contributed by atoms with Crippen LogP contribution in [0.3, 0.4) is 0 Å². The highest BCUT2D eigenvalue weighted by Gasteiger charge is 2.15. The monoisotopic (exact) mass is 352 g/mol. The molecule has 1 aromatic carbocycles. The van der Waals surface area contributed by atoms with Crippen molar-refractivity contribution in [3.05, 3.63) is 57.2 Å². The van der Waals surface area contributed by atoms with Crippen molar-refractivity contribution in [2.24, 2.45) is 7.05 Å². The van der Waals surface area contributed by atoms with E-state index in [1.165, 1.54) is 15.9 Å². The number of carbonyl (C=O) groups excluding carboxylic acids is 1. The Kier molecular flexibility index (Phi) is 4.27. The van der Waals surface area contributed by atoms with Gasteiger partial charge < -0.3 is 0 Å². The molecular weight excluding hydrogens is 342 g/mol. The summed E-state index contributed by atoms with van der Waals surface area (Å²) in [4.78, 5) is 28.5. The summed E-state index contributed by atoms with van der Waals surface area (Å²) in [6.45, 7) is 0. The van der Waals surface area contributed by atoms with Crippen LogP contribution in [0.4, 0.5) is 8.78 Å². The summed E-state index contributed by atoms with van der Waals surface area (Å²) in [7, 11) is 1.57. The molecule has 8 heteroatoms. The maximum atomic E-state index is 13.6. The zero-order valence-corrected chi connectivity index (χ0v) is 13.5. The van der Waals surface area contributed by atoms with Gasteiger partial charge in [0.1, 0.15) is 16.3 Å². The maximum Gasteiger partial charge on any atom is 0.271 e. The van der Waals surface area contributed by atoms with Gasteiger partial charge in [-0.15, -0.1) is 11.3 Å². The van der Waals surface area contributed by atoms with E-state index in [1.807, 2.05) is 0 Å². The summed E-state index contributed by atoms with van der Waals surface area (Å²) in [6, 6.07) is 4.55. The van der Waals surface area contributed by atoms with E-state index >= 15 is 0 Å². The number of thioether (sulfide) groups is 1. The molecule has 0 saturated heterocycles. The van der Waals surface area contributed by atoms with Crippen LogP contribution in [-0.2, 0) is 7.05 Å². The van der Waals surface area contributed by atoms with Crippen molar-refractivity contribution >= 4 is 39.1 Å². The highest BCUT2D eigenvalue weighted by molar-refractivity contribution is 7.99. The van der Waals surface area contributed by atoms with Gasteiger partial charge in [-0.2, -0.15) is 0 Å². The summed E-state index contributed by atoms with van der Waals surface area (Å²) in [5.41, 5.74) is 0.203. The Morgan fingerprint density at radius 1 is 1.35 bits per heavy atom. The van der Waals surface area contributed by atoms with Crippen LogP contribution in [0.5, 0.6) is 0 Å². The maximum absolute atomic E-state index is 13.6. The van der Waals surface area contributed by atoms with Crippen molar-refractivity contribution in [1.29, 1.82) is 0 Å². The lowest BCUT2D eigenvalue weighted by molar-refractivity contribution is 0.101. The van der Waals surface area contributed by atoms with Crippen LogP contribution < -0.4 is 5.56 Å². The first-order valence-electron chi connectivity index (χ1n) is 6.52. The highest BCUT2D eigenvalue weighted by Crippen LogP contribution is 2.21. The molecule has 118 valence electrons. The number of benzene rings is 1. The van der Waals surface area contributed by atoms with Gasteiger partial charge in [-0.25, -0.2) is 13.8 Å². The molecule has 0 amide bonds. The molecule has 0 aliphatic carbocycles. The van der Waals surface area contributed by atoms with Gasteiger partial charge in [0, 0.05) is 13.1 Å². The number of fused-ring (bicyclic) bond motifs is 1. The number of carbonyl (C=O) groups is 1. The second kappa shape index (κ2) is 6.21.